The molecular weight excluding hydrogens is 809 g/mol. The van der Waals surface area contributed by atoms with Gasteiger partial charge < -0.3 is 28.6 Å². The number of carbonyl (C=O) groups is 4. The minimum absolute atomic E-state index is 0.156. The zero-order chi connectivity index (χ0) is 42.6. The predicted molar refractivity (Wildman–Crippen MR) is 239 cm³/mol. The van der Waals surface area contributed by atoms with Gasteiger partial charge >= 0.3 is 11.3 Å². The van der Waals surface area contributed by atoms with E-state index in [2.05, 4.69) is 72.4 Å². The zero-order valence-corrected chi connectivity index (χ0v) is 37.9. The van der Waals surface area contributed by atoms with Crippen LogP contribution in [0.2, 0.25) is 0 Å². The monoisotopic (exact) mass is 866 g/mol. The van der Waals surface area contributed by atoms with Crippen LogP contribution in [0.5, 0.6) is 0 Å². The largest absolute Gasteiger partial charge is 0.457 e. The topological polar surface area (TPSA) is 151 Å². The molecule has 2 aliphatic rings. The average molecular weight is 867 g/mol. The first-order chi connectivity index (χ1) is 28.1. The maximum absolute atomic E-state index is 14.1. The number of nitrogens with one attached hydrogen (secondary N) is 2. The molecule has 17 heteroatoms. The quantitative estimate of drug-likeness (QED) is 0.0735. The summed E-state index contributed by atoms with van der Waals surface area (Å²) in [6.45, 7) is 15.2. The van der Waals surface area contributed by atoms with Gasteiger partial charge in [0.15, 0.2) is 0 Å². The van der Waals surface area contributed by atoms with Crippen LogP contribution >= 0.6 is 35.0 Å². The molecule has 59 heavy (non-hydrogen) atoms. The highest BCUT2D eigenvalue weighted by atomic mass is 32.2. The van der Waals surface area contributed by atoms with Gasteiger partial charge in [0, 0.05) is 85.9 Å². The number of benzene rings is 1. The molecule has 320 valence electrons. The third-order valence-electron chi connectivity index (χ3n) is 11.0. The molecule has 3 atom stereocenters. The van der Waals surface area contributed by atoms with E-state index in [-0.39, 0.29) is 41.6 Å². The number of likely N-dealkylation sites (N-methyl/N-ethyl adjacent to an activating group) is 1. The summed E-state index contributed by atoms with van der Waals surface area (Å²) in [5.41, 5.74) is 9.41. The van der Waals surface area contributed by atoms with Crippen molar-refractivity contribution in [3.8, 4) is 22.5 Å². The Bertz CT molecular complexity index is 2170. The van der Waals surface area contributed by atoms with Crippen LogP contribution in [0.4, 0.5) is 14.4 Å². The molecule has 0 bridgehead atoms. The van der Waals surface area contributed by atoms with E-state index in [0.717, 1.165) is 62.5 Å². The number of amides is 4. The Morgan fingerprint density at radius 2 is 1.90 bits per heavy atom. The van der Waals surface area contributed by atoms with Crippen LogP contribution in [-0.4, -0.2) is 105 Å². The van der Waals surface area contributed by atoms with Gasteiger partial charge in [-0.3, -0.25) is 19.6 Å². The molecule has 4 aromatic rings. The molecule has 2 N–H and O–H groups in total. The number of fused-ring (bicyclic) bond motifs is 1. The van der Waals surface area contributed by atoms with Crippen LogP contribution in [0.25, 0.3) is 33.4 Å². The van der Waals surface area contributed by atoms with Crippen LogP contribution in [0, 0.1) is 11.3 Å². The number of methoxy groups -OCH3 is 1. The van der Waals surface area contributed by atoms with Crippen LogP contribution in [0.3, 0.4) is 0 Å². The normalized spacial score (nSPS) is 16.8. The summed E-state index contributed by atoms with van der Waals surface area (Å²) >= 11 is 3.57. The minimum atomic E-state index is -1.75. The molecular formula is C42H58N8O6S3. The van der Waals surface area contributed by atoms with Gasteiger partial charge in [-0.05, 0) is 68.9 Å². The maximum Gasteiger partial charge on any atom is 0.364 e. The van der Waals surface area contributed by atoms with Gasteiger partial charge in [-0.25, -0.2) is 20.0 Å². The molecule has 14 nitrogen and oxygen atoms in total. The lowest BCUT2D eigenvalue weighted by Crippen LogP contribution is -2.52. The maximum atomic E-state index is 14.1. The van der Waals surface area contributed by atoms with E-state index < -0.39 is 27.8 Å². The number of rotatable bonds is 14. The number of thiol groups is 2. The van der Waals surface area contributed by atoms with Crippen molar-refractivity contribution in [3.63, 3.8) is 0 Å². The SMILES string of the molecule is CCn1c(-c2cccnc2[C@H](C)OC)c(CC(C)(C)COC(=O)S)c2cc(-c3csc(C[SH](NC(=O)[C@H](C(C)C)N4CCN(C)C4=O)C(=O)N4CCCCN4)n3)ccc21. The van der Waals surface area contributed by atoms with Gasteiger partial charge in [0.2, 0.25) is 0 Å². The van der Waals surface area contributed by atoms with E-state index in [0.29, 0.717) is 39.1 Å². The summed E-state index contributed by atoms with van der Waals surface area (Å²) < 4.78 is 16.6. The second kappa shape index (κ2) is 19.0. The zero-order valence-electron chi connectivity index (χ0n) is 35.3. The van der Waals surface area contributed by atoms with Gasteiger partial charge in [0.05, 0.1) is 35.5 Å². The smallest absolute Gasteiger partial charge is 0.364 e. The number of nitrogens with zero attached hydrogens (tertiary/aromatic N) is 6. The Morgan fingerprint density at radius 3 is 2.54 bits per heavy atom. The highest BCUT2D eigenvalue weighted by Gasteiger charge is 2.39. The molecule has 4 amide bonds. The first-order valence-corrected chi connectivity index (χ1v) is 23.1. The van der Waals surface area contributed by atoms with Gasteiger partial charge in [0.25, 0.3) is 11.1 Å². The van der Waals surface area contributed by atoms with Crippen LogP contribution in [0.1, 0.15) is 76.8 Å². The number of pyridine rings is 1. The molecule has 1 aromatic carbocycles. The summed E-state index contributed by atoms with van der Waals surface area (Å²) in [5.74, 6) is -0.225. The highest BCUT2D eigenvalue weighted by molar-refractivity contribution is 8.27. The molecule has 3 aromatic heterocycles. The fourth-order valence-corrected chi connectivity index (χ4v) is 10.8. The number of hydrogen-bond acceptors (Lipinski definition) is 10. The molecule has 0 saturated carbocycles. The van der Waals surface area contributed by atoms with E-state index in [1.54, 1.807) is 35.2 Å². The Balaban J connectivity index is 1.37. The third kappa shape index (κ3) is 9.91. The van der Waals surface area contributed by atoms with Crippen LogP contribution in [0.15, 0.2) is 41.9 Å². The first-order valence-electron chi connectivity index (χ1n) is 20.2. The fraction of sp³-hybridized carbons (Fsp3) is 0.524. The van der Waals surface area contributed by atoms with Gasteiger partial charge in [-0.1, -0.05) is 57.5 Å². The van der Waals surface area contributed by atoms with Crippen molar-refractivity contribution < 1.29 is 28.7 Å². The second-order valence-corrected chi connectivity index (χ2v) is 19.4. The number of aryl methyl sites for hydroxylation is 1. The van der Waals surface area contributed by atoms with Crippen molar-refractivity contribution in [3.05, 3.63) is 58.2 Å². The summed E-state index contributed by atoms with van der Waals surface area (Å²) in [6, 6.07) is 9.49. The van der Waals surface area contributed by atoms with Gasteiger partial charge in [0.1, 0.15) is 11.0 Å². The minimum Gasteiger partial charge on any atom is -0.457 e. The number of hydrazine groups is 1. The molecule has 2 fully saturated rings. The summed E-state index contributed by atoms with van der Waals surface area (Å²) in [4.78, 5) is 66.0. The molecule has 2 saturated heterocycles. The summed E-state index contributed by atoms with van der Waals surface area (Å²) in [7, 11) is 3.41. The molecule has 6 rings (SSSR count). The molecule has 2 aliphatic heterocycles. The molecule has 0 spiro atoms. The Hall–Kier alpha value is -4.16. The van der Waals surface area contributed by atoms with E-state index in [4.69, 9.17) is 19.4 Å². The molecule has 1 unspecified atom stereocenters. The van der Waals surface area contributed by atoms with E-state index in [1.807, 2.05) is 32.2 Å². The van der Waals surface area contributed by atoms with Crippen molar-refractivity contribution in [2.45, 2.75) is 85.2 Å². The first kappa shape index (κ1) is 44.4. The van der Waals surface area contributed by atoms with Crippen molar-refractivity contribution in [2.75, 3.05) is 46.9 Å². The molecule has 0 aliphatic carbocycles. The second-order valence-electron chi connectivity index (χ2n) is 16.3. The highest BCUT2D eigenvalue weighted by Crippen LogP contribution is 2.42. The predicted octanol–water partition coefficient (Wildman–Crippen LogP) is 7.83. The van der Waals surface area contributed by atoms with Crippen molar-refractivity contribution in [2.24, 2.45) is 11.3 Å². The lowest BCUT2D eigenvalue weighted by atomic mass is 9.84. The average Bonchev–Trinajstić information content (AvgIpc) is 3.91. The Kier molecular flexibility index (Phi) is 14.3. The van der Waals surface area contributed by atoms with E-state index >= 15 is 0 Å². The number of ether oxygens (including phenoxy) is 2. The van der Waals surface area contributed by atoms with Crippen LogP contribution in [-0.2, 0) is 33.0 Å². The Labute approximate surface area is 359 Å². The van der Waals surface area contributed by atoms with Gasteiger partial charge in [-0.15, -0.1) is 11.3 Å². The lowest BCUT2D eigenvalue weighted by Gasteiger charge is -2.35. The van der Waals surface area contributed by atoms with Crippen LogP contribution < -0.4 is 10.1 Å². The van der Waals surface area contributed by atoms with Crippen molar-refractivity contribution >= 4 is 68.4 Å². The van der Waals surface area contributed by atoms with E-state index in [9.17, 15) is 19.2 Å². The number of hydrogen-bond donors (Lipinski definition) is 4. The summed E-state index contributed by atoms with van der Waals surface area (Å²) in [5, 5.41) is 4.62. The summed E-state index contributed by atoms with van der Waals surface area (Å²) in [6.07, 6.45) is 3.96. The third-order valence-corrected chi connectivity index (χ3v) is 14.0. The van der Waals surface area contributed by atoms with E-state index in [1.165, 1.54) is 11.3 Å². The number of aromatic nitrogens is 3. The fourth-order valence-electron chi connectivity index (χ4n) is 7.97. The molecule has 5 heterocycles. The van der Waals surface area contributed by atoms with Gasteiger partial charge in [-0.2, -0.15) is 0 Å². The molecule has 0 radical (unpaired) electrons. The lowest BCUT2D eigenvalue weighted by molar-refractivity contribution is -0.124. The number of urea groups is 1. The van der Waals surface area contributed by atoms with Crippen molar-refractivity contribution in [1.82, 2.24) is 39.5 Å². The number of carbonyl (C=O) groups excluding carboxylic acids is 4. The van der Waals surface area contributed by atoms with Crippen molar-refractivity contribution in [1.29, 1.82) is 0 Å². The number of thiazole rings is 1. The standard InChI is InChI=1S/C42H58N8O6S3/c1-9-48-33-15-14-28(21-30(33)31(22-42(5,6)25-56-41(54)57)37(48)29-13-12-16-43-35(29)27(4)55-8)32-23-58-34(45-32)24-59(40(53)50-18-11-10-17-44-50)46-38(51)36(26(2)3)49-20-19-47(7)39(49)52/h12-16,21,23,26-27,36,44,59H,9-11,17-20,22,24-25H2,1-8H3,(H,46,51)(H,54,57)/t27-,36-/m0/s1. The Morgan fingerprint density at radius 1 is 1.12 bits per heavy atom.